The lowest BCUT2D eigenvalue weighted by Gasteiger charge is -2.30. The van der Waals surface area contributed by atoms with Crippen molar-refractivity contribution in [3.63, 3.8) is 0 Å². The standard InChI is InChI=1S/C19H23NO4/c1-3-4-15-18(23)13(11-20-7-5-14(21)6-8-20)10-16-12(2)9-17(22)24-19(15)16/h3,9-10,14,21,23H,1,4-8,11H2,2H3. The molecule has 128 valence electrons. The van der Waals surface area contributed by atoms with Gasteiger partial charge in [-0.15, -0.1) is 6.58 Å². The Bertz CT molecular complexity index is 816. The molecule has 5 heteroatoms. The van der Waals surface area contributed by atoms with E-state index in [-0.39, 0.29) is 11.9 Å². The molecule has 1 aliphatic rings. The molecule has 1 aromatic heterocycles. The maximum atomic E-state index is 11.7. The first-order valence-corrected chi connectivity index (χ1v) is 8.29. The van der Waals surface area contributed by atoms with Gasteiger partial charge in [0.25, 0.3) is 0 Å². The summed E-state index contributed by atoms with van der Waals surface area (Å²) in [6.45, 7) is 7.82. The van der Waals surface area contributed by atoms with Crippen molar-refractivity contribution in [2.24, 2.45) is 0 Å². The van der Waals surface area contributed by atoms with E-state index in [4.69, 9.17) is 4.42 Å². The van der Waals surface area contributed by atoms with E-state index in [1.54, 1.807) is 6.08 Å². The molecule has 2 aromatic rings. The van der Waals surface area contributed by atoms with E-state index < -0.39 is 5.63 Å². The molecule has 0 amide bonds. The summed E-state index contributed by atoms with van der Waals surface area (Å²) >= 11 is 0. The molecule has 1 saturated heterocycles. The molecule has 0 atom stereocenters. The minimum Gasteiger partial charge on any atom is -0.507 e. The zero-order valence-corrected chi connectivity index (χ0v) is 13.9. The molecule has 0 radical (unpaired) electrons. The lowest BCUT2D eigenvalue weighted by atomic mass is 9.98. The summed E-state index contributed by atoms with van der Waals surface area (Å²) in [5, 5.41) is 21.2. The highest BCUT2D eigenvalue weighted by molar-refractivity contribution is 5.86. The summed E-state index contributed by atoms with van der Waals surface area (Å²) in [6.07, 6.45) is 3.40. The molecule has 5 nitrogen and oxygen atoms in total. The van der Waals surface area contributed by atoms with Crippen molar-refractivity contribution in [1.29, 1.82) is 0 Å². The fourth-order valence-electron chi connectivity index (χ4n) is 3.34. The summed E-state index contributed by atoms with van der Waals surface area (Å²) in [5.74, 6) is 0.169. The fraction of sp³-hybridized carbons (Fsp3) is 0.421. The van der Waals surface area contributed by atoms with Gasteiger partial charge in [0.15, 0.2) is 0 Å². The van der Waals surface area contributed by atoms with E-state index in [1.807, 2.05) is 13.0 Å². The highest BCUT2D eigenvalue weighted by atomic mass is 16.4. The van der Waals surface area contributed by atoms with Gasteiger partial charge in [0.1, 0.15) is 11.3 Å². The molecule has 1 aliphatic heterocycles. The SMILES string of the molecule is C=CCc1c(O)c(CN2CCC(O)CC2)cc2c(C)cc(=O)oc12. The summed E-state index contributed by atoms with van der Waals surface area (Å²) in [5.41, 5.74) is 2.28. The van der Waals surface area contributed by atoms with Crippen LogP contribution in [0.25, 0.3) is 11.0 Å². The fourth-order valence-corrected chi connectivity index (χ4v) is 3.34. The number of nitrogens with zero attached hydrogens (tertiary/aromatic N) is 1. The summed E-state index contributed by atoms with van der Waals surface area (Å²) in [4.78, 5) is 13.9. The molecule has 0 unspecified atom stereocenters. The number of aliphatic hydroxyl groups is 1. The van der Waals surface area contributed by atoms with Crippen LogP contribution >= 0.6 is 0 Å². The van der Waals surface area contributed by atoms with Crippen molar-refractivity contribution in [2.75, 3.05) is 13.1 Å². The first-order valence-electron chi connectivity index (χ1n) is 8.29. The quantitative estimate of drug-likeness (QED) is 0.666. The van der Waals surface area contributed by atoms with Gasteiger partial charge in [0, 0.05) is 42.2 Å². The van der Waals surface area contributed by atoms with Crippen LogP contribution < -0.4 is 5.63 Å². The van der Waals surface area contributed by atoms with Gasteiger partial charge in [-0.2, -0.15) is 0 Å². The second-order valence-electron chi connectivity index (χ2n) is 6.49. The van der Waals surface area contributed by atoms with Crippen molar-refractivity contribution in [3.05, 3.63) is 51.9 Å². The number of rotatable bonds is 4. The van der Waals surface area contributed by atoms with Gasteiger partial charge < -0.3 is 14.6 Å². The van der Waals surface area contributed by atoms with Crippen LogP contribution in [0.2, 0.25) is 0 Å². The molecule has 1 aromatic carbocycles. The number of allylic oxidation sites excluding steroid dienone is 1. The number of hydrogen-bond acceptors (Lipinski definition) is 5. The lowest BCUT2D eigenvalue weighted by molar-refractivity contribution is 0.0789. The van der Waals surface area contributed by atoms with Crippen molar-refractivity contribution in [3.8, 4) is 5.75 Å². The molecule has 2 heterocycles. The van der Waals surface area contributed by atoms with E-state index in [2.05, 4.69) is 11.5 Å². The maximum Gasteiger partial charge on any atom is 0.336 e. The average molecular weight is 329 g/mol. The Morgan fingerprint density at radius 1 is 1.38 bits per heavy atom. The van der Waals surface area contributed by atoms with Crippen LogP contribution in [0.4, 0.5) is 0 Å². The number of piperidine rings is 1. The Morgan fingerprint density at radius 3 is 2.75 bits per heavy atom. The molecule has 0 aliphatic carbocycles. The van der Waals surface area contributed by atoms with Crippen molar-refractivity contribution in [2.45, 2.75) is 38.8 Å². The summed E-state index contributed by atoms with van der Waals surface area (Å²) < 4.78 is 5.36. The van der Waals surface area contributed by atoms with E-state index in [0.29, 0.717) is 24.1 Å². The second-order valence-corrected chi connectivity index (χ2v) is 6.49. The second kappa shape index (κ2) is 6.79. The van der Waals surface area contributed by atoms with Crippen molar-refractivity contribution in [1.82, 2.24) is 4.90 Å². The number of likely N-dealkylation sites (tertiary alicyclic amines) is 1. The highest BCUT2D eigenvalue weighted by Gasteiger charge is 2.21. The average Bonchev–Trinajstić information content (AvgIpc) is 2.54. The molecular formula is C19H23NO4. The van der Waals surface area contributed by atoms with Crippen LogP contribution in [0.1, 0.15) is 29.5 Å². The molecule has 2 N–H and O–H groups in total. The molecule has 1 fully saturated rings. The Balaban J connectivity index is 2.06. The van der Waals surface area contributed by atoms with E-state index in [0.717, 1.165) is 42.4 Å². The van der Waals surface area contributed by atoms with Gasteiger partial charge in [0.05, 0.1) is 6.10 Å². The number of phenols is 1. The number of aryl methyl sites for hydroxylation is 1. The normalized spacial score (nSPS) is 16.6. The first-order chi connectivity index (χ1) is 11.5. The van der Waals surface area contributed by atoms with E-state index >= 15 is 0 Å². The van der Waals surface area contributed by atoms with Crippen LogP contribution in [-0.2, 0) is 13.0 Å². The van der Waals surface area contributed by atoms with Crippen LogP contribution in [0, 0.1) is 6.92 Å². The zero-order chi connectivity index (χ0) is 17.3. The number of aromatic hydroxyl groups is 1. The predicted molar refractivity (Wildman–Crippen MR) is 93.3 cm³/mol. The van der Waals surface area contributed by atoms with Gasteiger partial charge in [-0.1, -0.05) is 6.08 Å². The predicted octanol–water partition coefficient (Wildman–Crippen LogP) is 2.49. The third-order valence-corrected chi connectivity index (χ3v) is 4.69. The number of aliphatic hydroxyl groups excluding tert-OH is 1. The Hall–Kier alpha value is -2.11. The van der Waals surface area contributed by atoms with E-state index in [1.165, 1.54) is 6.07 Å². The van der Waals surface area contributed by atoms with Crippen LogP contribution in [0.15, 0.2) is 34.0 Å². The topological polar surface area (TPSA) is 73.9 Å². The zero-order valence-electron chi connectivity index (χ0n) is 13.9. The van der Waals surface area contributed by atoms with Gasteiger partial charge in [-0.25, -0.2) is 4.79 Å². The lowest BCUT2D eigenvalue weighted by Crippen LogP contribution is -2.35. The molecule has 0 saturated carbocycles. The Morgan fingerprint density at radius 2 is 2.08 bits per heavy atom. The van der Waals surface area contributed by atoms with E-state index in [9.17, 15) is 15.0 Å². The Kier molecular flexibility index (Phi) is 4.73. The van der Waals surface area contributed by atoms with Gasteiger partial charge >= 0.3 is 5.63 Å². The maximum absolute atomic E-state index is 11.7. The minimum absolute atomic E-state index is 0.169. The monoisotopic (exact) mass is 329 g/mol. The molecular weight excluding hydrogens is 306 g/mol. The minimum atomic E-state index is -0.414. The van der Waals surface area contributed by atoms with Crippen LogP contribution in [0.3, 0.4) is 0 Å². The van der Waals surface area contributed by atoms with Gasteiger partial charge in [-0.3, -0.25) is 4.90 Å². The number of benzene rings is 1. The van der Waals surface area contributed by atoms with Gasteiger partial charge in [-0.05, 0) is 37.8 Å². The number of phenolic OH excluding ortho intramolecular Hbond substituents is 1. The Labute approximate surface area is 140 Å². The number of hydrogen-bond donors (Lipinski definition) is 2. The molecule has 0 bridgehead atoms. The van der Waals surface area contributed by atoms with Crippen LogP contribution in [-0.4, -0.2) is 34.3 Å². The van der Waals surface area contributed by atoms with Crippen LogP contribution in [0.5, 0.6) is 5.75 Å². The summed E-state index contributed by atoms with van der Waals surface area (Å²) in [6, 6.07) is 3.37. The number of fused-ring (bicyclic) bond motifs is 1. The third-order valence-electron chi connectivity index (χ3n) is 4.69. The molecule has 0 spiro atoms. The first kappa shape index (κ1) is 16.7. The largest absolute Gasteiger partial charge is 0.507 e. The molecule has 3 rings (SSSR count). The smallest absolute Gasteiger partial charge is 0.336 e. The van der Waals surface area contributed by atoms with Gasteiger partial charge in [0.2, 0.25) is 0 Å². The van der Waals surface area contributed by atoms with Crippen molar-refractivity contribution >= 4 is 11.0 Å². The highest BCUT2D eigenvalue weighted by Crippen LogP contribution is 2.34. The van der Waals surface area contributed by atoms with Crippen molar-refractivity contribution < 1.29 is 14.6 Å². The summed E-state index contributed by atoms with van der Waals surface area (Å²) in [7, 11) is 0. The molecule has 24 heavy (non-hydrogen) atoms. The third kappa shape index (κ3) is 3.23.